The summed E-state index contributed by atoms with van der Waals surface area (Å²) in [5.74, 6) is 0.703. The van der Waals surface area contributed by atoms with Crippen LogP contribution >= 0.6 is 69.6 Å². The van der Waals surface area contributed by atoms with Gasteiger partial charge in [-0.15, -0.1) is 0 Å². The van der Waals surface area contributed by atoms with Gasteiger partial charge in [0.2, 0.25) is 19.1 Å². The molecule has 5 heterocycles. The van der Waals surface area contributed by atoms with Crippen molar-refractivity contribution in [3.05, 3.63) is 246 Å². The van der Waals surface area contributed by atoms with Gasteiger partial charge in [0.1, 0.15) is 51.3 Å². The average Bonchev–Trinajstić information content (AvgIpc) is 1.72. The van der Waals surface area contributed by atoms with Crippen LogP contribution in [0.5, 0.6) is 11.5 Å². The summed E-state index contributed by atoms with van der Waals surface area (Å²) in [6.07, 6.45) is 1.38. The van der Waals surface area contributed by atoms with Gasteiger partial charge in [-0.2, -0.15) is 0 Å². The Morgan fingerprint density at radius 1 is 0.560 bits per heavy atom. The summed E-state index contributed by atoms with van der Waals surface area (Å²) >= 11 is 36.1. The van der Waals surface area contributed by atoms with Crippen LogP contribution in [0, 0.1) is 11.3 Å². The second-order valence-corrected chi connectivity index (χ2v) is 25.5. The summed E-state index contributed by atoms with van der Waals surface area (Å²) in [4.78, 5) is 55.7. The number of ketones is 2. The fourth-order valence-electron chi connectivity index (χ4n) is 13.0. The van der Waals surface area contributed by atoms with Crippen molar-refractivity contribution in [1.29, 1.82) is 6.84 Å². The monoisotopic (exact) mass is 1450 g/mol. The zero-order chi connectivity index (χ0) is 71.5. The van der Waals surface area contributed by atoms with Crippen LogP contribution < -0.4 is 31.2 Å². The van der Waals surface area contributed by atoms with Crippen molar-refractivity contribution in [2.24, 2.45) is 5.92 Å². The van der Waals surface area contributed by atoms with Gasteiger partial charge in [-0.25, -0.2) is 10.2 Å². The van der Waals surface area contributed by atoms with Gasteiger partial charge in [0.15, 0.2) is 5.75 Å². The summed E-state index contributed by atoms with van der Waals surface area (Å²) in [6.45, 7) is 8.87. The van der Waals surface area contributed by atoms with Crippen molar-refractivity contribution < 1.29 is 38.6 Å². The first-order valence-corrected chi connectivity index (χ1v) is 33.8. The van der Waals surface area contributed by atoms with Gasteiger partial charge in [-0.05, 0) is 147 Å². The number of aryl methyl sites for hydroxylation is 3. The van der Waals surface area contributed by atoms with Crippen molar-refractivity contribution >= 4 is 195 Å². The maximum atomic E-state index is 13.0. The number of hydrogen-bond acceptors (Lipinski definition) is 11. The van der Waals surface area contributed by atoms with Crippen molar-refractivity contribution in [1.82, 2.24) is 13.7 Å². The van der Waals surface area contributed by atoms with E-state index in [1.807, 2.05) is 78.9 Å². The second kappa shape index (κ2) is 29.8. The van der Waals surface area contributed by atoms with E-state index < -0.39 is 37.7 Å². The third-order valence-corrected chi connectivity index (χ3v) is 20.0. The zero-order valence-corrected chi connectivity index (χ0v) is 58.2. The second-order valence-electron chi connectivity index (χ2n) is 23.2. The molecule has 2 amide bonds. The van der Waals surface area contributed by atoms with Crippen LogP contribution in [0.1, 0.15) is 47.1 Å². The topological polar surface area (TPSA) is 225 Å². The molecule has 2 aliphatic carbocycles. The molecule has 12 aromatic rings. The number of aliphatic hydroxyl groups is 1. The lowest BCUT2D eigenvalue weighted by Gasteiger charge is -2.39. The number of isocyanates is 1. The summed E-state index contributed by atoms with van der Waals surface area (Å²) in [5, 5.41) is 24.9. The van der Waals surface area contributed by atoms with E-state index in [2.05, 4.69) is 148 Å². The SMILES string of the molecule is CCn1c2ccc(-c3ccccc3)cc2c2cc3c(cc21)OC1=C(Cl)C2Nc4cc5c6cc(NC(=O)c7ccccc7)ccc6n(CC)c5cc4OC2=C(Cl)C1C3.CCn1c2ccc(N)cc2c2cc(NC(=O)c3ccccc3)ccc21.N=C=O.O=C1C(Cl)=C(Cl)C(=O)C(Cl)=C1Cl.[2H]OC[B]. The fourth-order valence-corrected chi connectivity index (χ4v) is 14.5. The van der Waals surface area contributed by atoms with E-state index >= 15 is 0 Å². The van der Waals surface area contributed by atoms with Crippen LogP contribution in [0.15, 0.2) is 230 Å². The van der Waals surface area contributed by atoms with E-state index in [0.717, 1.165) is 109 Å². The number of nitrogen functional groups attached to an aromatic ring is 1. The number of nitrogens with two attached hydrogens (primary N) is 1. The number of aromatic nitrogens is 3. The Kier molecular flexibility index (Phi) is 20.4. The number of amides is 2. The number of carbonyl (C=O) groups excluding carboxylic acids is 5. The first-order valence-electron chi connectivity index (χ1n) is 32.0. The highest BCUT2D eigenvalue weighted by Gasteiger charge is 2.44. The zero-order valence-electron chi connectivity index (χ0n) is 54.6. The molecule has 0 bridgehead atoms. The van der Waals surface area contributed by atoms with Crippen LogP contribution in [0.3, 0.4) is 0 Å². The summed E-state index contributed by atoms with van der Waals surface area (Å²) in [7, 11) is 4.62. The lowest BCUT2D eigenvalue weighted by molar-refractivity contribution is -0.114. The fraction of sp³-hybridized carbons (Fsp3) is 0.130. The number of aliphatic hydroxyl groups excluding tert-OH is 1. The van der Waals surface area contributed by atoms with Crippen LogP contribution in [0.25, 0.3) is 76.5 Å². The van der Waals surface area contributed by atoms with Gasteiger partial charge in [0, 0.05) is 121 Å². The molecular formula is C77H59BCl6N8O8. The molecule has 0 saturated heterocycles. The number of carbonyl (C=O) groups is 4. The Morgan fingerprint density at radius 3 is 1.48 bits per heavy atom. The van der Waals surface area contributed by atoms with E-state index in [1.54, 1.807) is 24.3 Å². The highest BCUT2D eigenvalue weighted by atomic mass is 35.5. The van der Waals surface area contributed by atoms with Crippen LogP contribution in [0.2, 0.25) is 0 Å². The lowest BCUT2D eigenvalue weighted by Crippen LogP contribution is -2.38. The number of anilines is 4. The smallest absolute Gasteiger partial charge is 0.255 e. The molecule has 500 valence electrons. The molecule has 0 spiro atoms. The number of rotatable bonds is 9. The Morgan fingerprint density at radius 2 is 0.980 bits per heavy atom. The predicted molar refractivity (Wildman–Crippen MR) is 404 cm³/mol. The number of halogens is 6. The van der Waals surface area contributed by atoms with Crippen LogP contribution in [-0.2, 0) is 40.4 Å². The Bertz CT molecular complexity index is 5450. The van der Waals surface area contributed by atoms with Gasteiger partial charge < -0.3 is 50.0 Å². The predicted octanol–water partition coefficient (Wildman–Crippen LogP) is 18.4. The lowest BCUT2D eigenvalue weighted by atomic mass is 9.86. The first-order chi connectivity index (χ1) is 48.8. The molecule has 2 unspecified atom stereocenters. The third-order valence-electron chi connectivity index (χ3n) is 17.5. The number of hydrogen-bond donors (Lipinski definition) is 6. The van der Waals surface area contributed by atoms with E-state index in [0.29, 0.717) is 44.9 Å². The van der Waals surface area contributed by atoms with Gasteiger partial charge in [-0.3, -0.25) is 19.2 Å². The molecule has 3 aromatic heterocycles. The molecule has 0 fully saturated rings. The molecule has 9 aromatic carbocycles. The number of allylic oxidation sites excluding steroid dienone is 5. The minimum Gasteiger partial charge on any atom is -0.459 e. The standard InChI is InChI=1S/C48H36Cl2N4O3.C21H19N3O.C6Cl4O2.CH3BO.CHNO/c1-3-53-37-17-15-28(26-11-7-5-8-12-26)19-31(37)32-20-29-21-35-43(49)47-45(44(50)46(35)56-41(29)24-39(32)53)52-36-23-34-33-22-30(51-48(55)27-13-9-6-10-14-27)16-18-38(33)54(4-2)40(34)25-42(36)57-47;1-2-24-19-10-8-15(22)12-17(19)18-13-16(9-11-20(18)24)23-21(25)14-6-4-3-5-7-14;7-1-2(8)6(12)4(10)3(9)5(1)11;2*2-1-3/h5-20,22-25,35,45,52H,3-4,21H2,1-2H3,(H,51,55);3-13H,2,22H2,1H3,(H,23,25);;3H,1H2;2H/i;;;3D;. The molecule has 2 atom stereocenters. The Labute approximate surface area is 606 Å². The van der Waals surface area contributed by atoms with Crippen LogP contribution in [-0.4, -0.2) is 70.1 Å². The Balaban J connectivity index is 0.000000179. The summed E-state index contributed by atoms with van der Waals surface area (Å²) < 4.78 is 26.2. The normalized spacial score (nSPS) is 15.3. The summed E-state index contributed by atoms with van der Waals surface area (Å²) in [5.41, 5.74) is 20.4. The van der Waals surface area contributed by atoms with E-state index in [-0.39, 0.29) is 24.2 Å². The van der Waals surface area contributed by atoms with E-state index in [4.69, 9.17) is 96.4 Å². The third kappa shape index (κ3) is 13.3. The molecule has 4 aliphatic rings. The molecule has 16 rings (SSSR count). The minimum atomic E-state index is -0.729. The Hall–Kier alpha value is -10.0. The van der Waals surface area contributed by atoms with Crippen LogP contribution in [0.4, 0.5) is 22.7 Å². The van der Waals surface area contributed by atoms with Crippen molar-refractivity contribution in [3.63, 3.8) is 0 Å². The van der Waals surface area contributed by atoms with Gasteiger partial charge in [-0.1, -0.05) is 142 Å². The van der Waals surface area contributed by atoms with E-state index in [9.17, 15) is 19.2 Å². The maximum absolute atomic E-state index is 13.0. The highest BCUT2D eigenvalue weighted by molar-refractivity contribution is 6.69. The van der Waals surface area contributed by atoms with Gasteiger partial charge >= 0.3 is 0 Å². The number of benzene rings is 9. The molecular weight excluding hydrogens is 1390 g/mol. The first kappa shape index (κ1) is 68.5. The number of nitrogens with zero attached hydrogens (tertiary/aromatic N) is 3. The number of nitrogens with one attached hydrogen (secondary N) is 4. The molecule has 2 radical (unpaired) electrons. The molecule has 100 heavy (non-hydrogen) atoms. The number of fused-ring (bicyclic) bond motifs is 13. The van der Waals surface area contributed by atoms with Crippen molar-refractivity contribution in [2.75, 3.05) is 28.2 Å². The highest BCUT2D eigenvalue weighted by Crippen LogP contribution is 2.52. The van der Waals surface area contributed by atoms with E-state index in [1.165, 1.54) is 27.4 Å². The average molecular weight is 1450 g/mol. The molecule has 16 nitrogen and oxygen atoms in total. The molecule has 7 N–H and O–H groups in total. The largest absolute Gasteiger partial charge is 0.459 e. The summed E-state index contributed by atoms with van der Waals surface area (Å²) in [6, 6.07) is 61.8. The number of ether oxygens (including phenoxy) is 2. The number of Topliss-reactive ketones (excluding diaryl/α,β-unsaturated/α-hetero) is 2. The van der Waals surface area contributed by atoms with Gasteiger partial charge in [0.05, 0.1) is 32.7 Å². The van der Waals surface area contributed by atoms with Gasteiger partial charge in [0.25, 0.3) is 11.8 Å². The minimum absolute atomic E-state index is 0.0139. The molecule has 0 saturated carbocycles. The van der Waals surface area contributed by atoms with Crippen molar-refractivity contribution in [2.45, 2.75) is 52.9 Å². The van der Waals surface area contributed by atoms with Crippen molar-refractivity contribution in [3.8, 4) is 22.6 Å². The maximum Gasteiger partial charge on any atom is 0.255 e. The molecule has 23 heteroatoms. The quantitative estimate of drug-likeness (QED) is 0.0264. The molecule has 2 aliphatic heterocycles.